The molecule has 1 aromatic carbocycles. The number of likely N-dealkylation sites (N-methyl/N-ethyl adjacent to an activating group) is 1. The van der Waals surface area contributed by atoms with Crippen molar-refractivity contribution in [1.29, 1.82) is 5.26 Å². The van der Waals surface area contributed by atoms with Gasteiger partial charge in [0, 0.05) is 26.2 Å². The second-order valence-corrected chi connectivity index (χ2v) is 4.56. The number of anilines is 1. The molecule has 0 radical (unpaired) electrons. The highest BCUT2D eigenvalue weighted by atomic mass is 19.3. The van der Waals surface area contributed by atoms with Gasteiger partial charge in [-0.1, -0.05) is 13.0 Å². The fourth-order valence-corrected chi connectivity index (χ4v) is 2.39. The molecular weight excluding hydrogens is 264 g/mol. The van der Waals surface area contributed by atoms with Crippen molar-refractivity contribution in [1.82, 2.24) is 4.90 Å². The lowest BCUT2D eigenvalue weighted by Gasteiger charge is -2.36. The molecule has 0 spiro atoms. The number of alkyl halides is 2. The Morgan fingerprint density at radius 1 is 1.30 bits per heavy atom. The molecule has 2 rings (SSSR count). The van der Waals surface area contributed by atoms with Crippen LogP contribution in [-0.4, -0.2) is 44.2 Å². The Hall–Kier alpha value is -1.87. The number of benzene rings is 1. The van der Waals surface area contributed by atoms with E-state index in [-0.39, 0.29) is 11.3 Å². The zero-order chi connectivity index (χ0) is 14.5. The molecular formula is C14H17F2N3O. The first-order valence-corrected chi connectivity index (χ1v) is 6.61. The molecule has 0 N–H and O–H groups in total. The van der Waals surface area contributed by atoms with Crippen molar-refractivity contribution in [3.05, 3.63) is 23.8 Å². The Morgan fingerprint density at radius 3 is 2.55 bits per heavy atom. The van der Waals surface area contributed by atoms with Crippen LogP contribution >= 0.6 is 0 Å². The molecule has 0 atom stereocenters. The lowest BCUT2D eigenvalue weighted by atomic mass is 10.1. The smallest absolute Gasteiger partial charge is 0.387 e. The predicted molar refractivity (Wildman–Crippen MR) is 72.1 cm³/mol. The van der Waals surface area contributed by atoms with Gasteiger partial charge in [0.25, 0.3) is 0 Å². The molecule has 0 amide bonds. The summed E-state index contributed by atoms with van der Waals surface area (Å²) < 4.78 is 29.1. The number of halogens is 2. The van der Waals surface area contributed by atoms with Crippen LogP contribution in [0.2, 0.25) is 0 Å². The maximum absolute atomic E-state index is 12.4. The second-order valence-electron chi connectivity index (χ2n) is 4.56. The van der Waals surface area contributed by atoms with Crippen molar-refractivity contribution < 1.29 is 13.5 Å². The molecule has 1 saturated heterocycles. The van der Waals surface area contributed by atoms with Crippen LogP contribution in [0.1, 0.15) is 12.5 Å². The van der Waals surface area contributed by atoms with E-state index in [2.05, 4.69) is 16.6 Å². The van der Waals surface area contributed by atoms with Crippen molar-refractivity contribution >= 4 is 5.69 Å². The van der Waals surface area contributed by atoms with Gasteiger partial charge in [-0.15, -0.1) is 0 Å². The summed E-state index contributed by atoms with van der Waals surface area (Å²) in [6, 6.07) is 6.79. The van der Waals surface area contributed by atoms with Gasteiger partial charge < -0.3 is 14.5 Å². The van der Waals surface area contributed by atoms with Crippen LogP contribution in [0, 0.1) is 11.3 Å². The first-order chi connectivity index (χ1) is 9.65. The van der Waals surface area contributed by atoms with E-state index in [1.54, 1.807) is 12.1 Å². The van der Waals surface area contributed by atoms with Crippen molar-refractivity contribution in [2.24, 2.45) is 0 Å². The molecule has 0 aliphatic carbocycles. The molecule has 1 aliphatic heterocycles. The van der Waals surface area contributed by atoms with Crippen molar-refractivity contribution in [2.45, 2.75) is 13.5 Å². The number of nitrogens with zero attached hydrogens (tertiary/aromatic N) is 3. The summed E-state index contributed by atoms with van der Waals surface area (Å²) in [6.07, 6.45) is 0. The third-order valence-electron chi connectivity index (χ3n) is 3.49. The molecule has 20 heavy (non-hydrogen) atoms. The van der Waals surface area contributed by atoms with Gasteiger partial charge in [-0.2, -0.15) is 14.0 Å². The van der Waals surface area contributed by atoms with Crippen molar-refractivity contribution in [3.63, 3.8) is 0 Å². The number of ether oxygens (including phenoxy) is 1. The largest absolute Gasteiger partial charge is 0.433 e. The summed E-state index contributed by atoms with van der Waals surface area (Å²) in [6.45, 7) is 3.54. The average Bonchev–Trinajstić information content (AvgIpc) is 2.46. The van der Waals surface area contributed by atoms with E-state index in [1.165, 1.54) is 6.07 Å². The Balaban J connectivity index is 2.22. The number of hydrogen-bond acceptors (Lipinski definition) is 4. The van der Waals surface area contributed by atoms with Crippen molar-refractivity contribution in [2.75, 3.05) is 37.6 Å². The third kappa shape index (κ3) is 3.17. The topological polar surface area (TPSA) is 39.5 Å². The van der Waals surface area contributed by atoms with E-state index in [0.29, 0.717) is 5.69 Å². The van der Waals surface area contributed by atoms with Crippen LogP contribution in [0.15, 0.2) is 18.2 Å². The molecule has 0 saturated carbocycles. The standard InChI is InChI=1S/C14H17F2N3O/c1-2-18-6-8-19(9-7-18)12-4-3-5-13(11(12)10-17)20-14(15)16/h3-5,14H,2,6-9H2,1H3. The van der Waals surface area contributed by atoms with Crippen LogP contribution in [0.5, 0.6) is 5.75 Å². The van der Waals surface area contributed by atoms with Gasteiger partial charge in [0.05, 0.1) is 5.69 Å². The molecule has 6 heteroatoms. The summed E-state index contributed by atoms with van der Waals surface area (Å²) in [4.78, 5) is 4.35. The van der Waals surface area contributed by atoms with Gasteiger partial charge in [-0.05, 0) is 18.7 Å². The minimum Gasteiger partial charge on any atom is -0.433 e. The Bertz CT molecular complexity index is 494. The van der Waals surface area contributed by atoms with Crippen molar-refractivity contribution in [3.8, 4) is 11.8 Å². The second kappa shape index (κ2) is 6.53. The van der Waals surface area contributed by atoms with Gasteiger partial charge in [0.15, 0.2) is 0 Å². The number of nitriles is 1. The summed E-state index contributed by atoms with van der Waals surface area (Å²) in [5.74, 6) is -0.0575. The van der Waals surface area contributed by atoms with Gasteiger partial charge in [0.1, 0.15) is 17.4 Å². The summed E-state index contributed by atoms with van der Waals surface area (Å²) in [5.41, 5.74) is 0.846. The van der Waals surface area contributed by atoms with Crippen LogP contribution < -0.4 is 9.64 Å². The van der Waals surface area contributed by atoms with Gasteiger partial charge in [-0.25, -0.2) is 0 Å². The third-order valence-corrected chi connectivity index (χ3v) is 3.49. The minimum atomic E-state index is -2.92. The van der Waals surface area contributed by atoms with E-state index in [9.17, 15) is 14.0 Å². The van der Waals surface area contributed by atoms with E-state index in [4.69, 9.17) is 0 Å². The van der Waals surface area contributed by atoms with Crippen LogP contribution in [-0.2, 0) is 0 Å². The number of hydrogen-bond donors (Lipinski definition) is 0. The summed E-state index contributed by atoms with van der Waals surface area (Å²) in [7, 11) is 0. The predicted octanol–water partition coefficient (Wildman–Crippen LogP) is 2.30. The van der Waals surface area contributed by atoms with Gasteiger partial charge in [0.2, 0.25) is 0 Å². The van der Waals surface area contributed by atoms with E-state index >= 15 is 0 Å². The molecule has 0 unspecified atom stereocenters. The summed E-state index contributed by atoms with van der Waals surface area (Å²) in [5, 5.41) is 9.23. The fourth-order valence-electron chi connectivity index (χ4n) is 2.39. The zero-order valence-electron chi connectivity index (χ0n) is 11.4. The maximum atomic E-state index is 12.4. The van der Waals surface area contributed by atoms with Crippen LogP contribution in [0.3, 0.4) is 0 Å². The highest BCUT2D eigenvalue weighted by Gasteiger charge is 2.21. The van der Waals surface area contributed by atoms with E-state index in [1.807, 2.05) is 11.0 Å². The Labute approximate surface area is 117 Å². The SMILES string of the molecule is CCN1CCN(c2cccc(OC(F)F)c2C#N)CC1. The monoisotopic (exact) mass is 281 g/mol. The number of rotatable bonds is 4. The quantitative estimate of drug-likeness (QED) is 0.849. The molecule has 1 aliphatic rings. The van der Waals surface area contributed by atoms with Gasteiger partial charge >= 0.3 is 6.61 Å². The Kier molecular flexibility index (Phi) is 4.74. The van der Waals surface area contributed by atoms with Crippen LogP contribution in [0.25, 0.3) is 0 Å². The first kappa shape index (κ1) is 14.5. The Morgan fingerprint density at radius 2 is 2.00 bits per heavy atom. The first-order valence-electron chi connectivity index (χ1n) is 6.61. The van der Waals surface area contributed by atoms with Crippen LogP contribution in [0.4, 0.5) is 14.5 Å². The zero-order valence-corrected chi connectivity index (χ0v) is 11.4. The van der Waals surface area contributed by atoms with E-state index < -0.39 is 6.61 Å². The number of piperazine rings is 1. The molecule has 1 aromatic rings. The maximum Gasteiger partial charge on any atom is 0.387 e. The fraction of sp³-hybridized carbons (Fsp3) is 0.500. The van der Waals surface area contributed by atoms with Gasteiger partial charge in [-0.3, -0.25) is 0 Å². The highest BCUT2D eigenvalue weighted by Crippen LogP contribution is 2.30. The lowest BCUT2D eigenvalue weighted by Crippen LogP contribution is -2.46. The average molecular weight is 281 g/mol. The van der Waals surface area contributed by atoms with E-state index in [0.717, 1.165) is 32.7 Å². The normalized spacial score (nSPS) is 16.2. The minimum absolute atomic E-state index is 0.0575. The molecule has 1 fully saturated rings. The summed E-state index contributed by atoms with van der Waals surface area (Å²) >= 11 is 0. The molecule has 1 heterocycles. The molecule has 4 nitrogen and oxygen atoms in total. The lowest BCUT2D eigenvalue weighted by molar-refractivity contribution is -0.0500. The highest BCUT2D eigenvalue weighted by molar-refractivity contribution is 5.65. The molecule has 0 bridgehead atoms. The molecule has 108 valence electrons. The molecule has 0 aromatic heterocycles.